The molecule has 0 atom stereocenters. The Morgan fingerprint density at radius 1 is 1.21 bits per heavy atom. The summed E-state index contributed by atoms with van der Waals surface area (Å²) in [6, 6.07) is 8.73. The monoisotopic (exact) mass is 256 g/mol. The molecular formula is C15H20N4. The Kier molecular flexibility index (Phi) is 3.11. The highest BCUT2D eigenvalue weighted by atomic mass is 15.2. The number of aromatic nitrogens is 2. The highest BCUT2D eigenvalue weighted by Gasteiger charge is 2.27. The number of anilines is 1. The first-order chi connectivity index (χ1) is 9.15. The number of nitrogens with two attached hydrogens (primary N) is 1. The van der Waals surface area contributed by atoms with Gasteiger partial charge in [0.25, 0.3) is 0 Å². The van der Waals surface area contributed by atoms with E-state index in [1.807, 2.05) is 13.0 Å². The first-order valence-electron chi connectivity index (χ1n) is 6.84. The zero-order chi connectivity index (χ0) is 13.4. The first kappa shape index (κ1) is 12.4. The second kappa shape index (κ2) is 4.78. The van der Waals surface area contributed by atoms with Crippen molar-refractivity contribution in [3.63, 3.8) is 0 Å². The number of hydrogen-bond donors (Lipinski definition) is 1. The predicted octanol–water partition coefficient (Wildman–Crippen LogP) is 2.11. The fraction of sp³-hybridized carbons (Fsp3) is 0.467. The zero-order valence-electron chi connectivity index (χ0n) is 11.5. The molecule has 0 amide bonds. The molecule has 100 valence electrons. The van der Waals surface area contributed by atoms with E-state index in [0.29, 0.717) is 12.0 Å². The topological polar surface area (TPSA) is 55.0 Å². The van der Waals surface area contributed by atoms with Crippen LogP contribution in [-0.2, 0) is 0 Å². The van der Waals surface area contributed by atoms with Crippen LogP contribution in [0.2, 0.25) is 0 Å². The molecule has 1 saturated carbocycles. The molecule has 4 heteroatoms. The molecule has 0 saturated heterocycles. The average Bonchev–Trinajstić information content (AvgIpc) is 2.37. The van der Waals surface area contributed by atoms with E-state index in [2.05, 4.69) is 40.3 Å². The number of aryl methyl sites for hydroxylation is 1. The highest BCUT2D eigenvalue weighted by molar-refractivity contribution is 5.93. The summed E-state index contributed by atoms with van der Waals surface area (Å²) in [5, 5.41) is 11.0. The molecule has 2 aromatic rings. The molecule has 1 heterocycles. The van der Waals surface area contributed by atoms with Gasteiger partial charge in [-0.2, -0.15) is 5.10 Å². The lowest BCUT2D eigenvalue weighted by Crippen LogP contribution is -2.42. The number of rotatable bonds is 3. The van der Waals surface area contributed by atoms with Crippen LogP contribution in [0.4, 0.5) is 5.82 Å². The summed E-state index contributed by atoms with van der Waals surface area (Å²) in [5.74, 6) is 1.67. The van der Waals surface area contributed by atoms with Crippen molar-refractivity contribution in [3.05, 3.63) is 30.0 Å². The average molecular weight is 256 g/mol. The van der Waals surface area contributed by atoms with E-state index in [-0.39, 0.29) is 0 Å². The summed E-state index contributed by atoms with van der Waals surface area (Å²) >= 11 is 0. The van der Waals surface area contributed by atoms with Crippen molar-refractivity contribution in [2.45, 2.75) is 25.8 Å². The van der Waals surface area contributed by atoms with E-state index in [1.165, 1.54) is 10.8 Å². The van der Waals surface area contributed by atoms with Crippen molar-refractivity contribution in [2.24, 2.45) is 11.7 Å². The molecule has 19 heavy (non-hydrogen) atoms. The van der Waals surface area contributed by atoms with Crippen molar-refractivity contribution in [2.75, 3.05) is 18.5 Å². The molecule has 0 aliphatic heterocycles. The van der Waals surface area contributed by atoms with E-state index < -0.39 is 0 Å². The maximum Gasteiger partial charge on any atom is 0.158 e. The number of nitrogens with zero attached hydrogens (tertiary/aromatic N) is 3. The molecule has 1 aliphatic rings. The van der Waals surface area contributed by atoms with Crippen LogP contribution >= 0.6 is 0 Å². The lowest BCUT2D eigenvalue weighted by Gasteiger charge is -2.35. The minimum absolute atomic E-state index is 0.402. The number of benzene rings is 1. The van der Waals surface area contributed by atoms with Gasteiger partial charge in [0.05, 0.1) is 5.69 Å². The van der Waals surface area contributed by atoms with Crippen LogP contribution in [0.15, 0.2) is 24.3 Å². The molecule has 0 spiro atoms. The van der Waals surface area contributed by atoms with Gasteiger partial charge < -0.3 is 10.6 Å². The second-order valence-electron chi connectivity index (χ2n) is 5.63. The molecule has 1 aliphatic carbocycles. The van der Waals surface area contributed by atoms with Gasteiger partial charge in [0, 0.05) is 30.4 Å². The Bertz CT molecular complexity index is 590. The summed E-state index contributed by atoms with van der Waals surface area (Å²) in [7, 11) is 2.09. The molecule has 0 radical (unpaired) electrons. The first-order valence-corrected chi connectivity index (χ1v) is 6.84. The third-order valence-corrected chi connectivity index (χ3v) is 4.02. The maximum absolute atomic E-state index is 5.85. The minimum Gasteiger partial charge on any atom is -0.357 e. The number of fused-ring (bicyclic) bond motifs is 1. The fourth-order valence-electron chi connectivity index (χ4n) is 2.92. The molecule has 3 rings (SSSR count). The van der Waals surface area contributed by atoms with Crippen molar-refractivity contribution in [1.82, 2.24) is 10.2 Å². The van der Waals surface area contributed by atoms with Crippen molar-refractivity contribution >= 4 is 16.6 Å². The van der Waals surface area contributed by atoms with E-state index in [4.69, 9.17) is 5.73 Å². The molecular weight excluding hydrogens is 236 g/mol. The number of hydrogen-bond acceptors (Lipinski definition) is 4. The van der Waals surface area contributed by atoms with Gasteiger partial charge in [0.2, 0.25) is 0 Å². The van der Waals surface area contributed by atoms with Crippen molar-refractivity contribution < 1.29 is 0 Å². The van der Waals surface area contributed by atoms with Gasteiger partial charge in [0.15, 0.2) is 5.82 Å². The highest BCUT2D eigenvalue weighted by Crippen LogP contribution is 2.30. The van der Waals surface area contributed by atoms with E-state index >= 15 is 0 Å². The van der Waals surface area contributed by atoms with Crippen LogP contribution < -0.4 is 10.6 Å². The van der Waals surface area contributed by atoms with Crippen LogP contribution in [0.3, 0.4) is 0 Å². The van der Waals surface area contributed by atoms with Crippen LogP contribution in [-0.4, -0.2) is 29.8 Å². The van der Waals surface area contributed by atoms with Crippen LogP contribution in [0.25, 0.3) is 10.8 Å². The van der Waals surface area contributed by atoms with Gasteiger partial charge in [-0.1, -0.05) is 24.3 Å². The van der Waals surface area contributed by atoms with Crippen LogP contribution in [0, 0.1) is 12.8 Å². The van der Waals surface area contributed by atoms with Gasteiger partial charge in [-0.15, -0.1) is 5.10 Å². The SMILES string of the molecule is Cc1nnc(N(C)CC2CC(N)C2)c2ccccc12. The normalized spacial score (nSPS) is 22.3. The quantitative estimate of drug-likeness (QED) is 0.914. The van der Waals surface area contributed by atoms with Crippen LogP contribution in [0.1, 0.15) is 18.5 Å². The van der Waals surface area contributed by atoms with E-state index in [0.717, 1.165) is 30.9 Å². The summed E-state index contributed by atoms with van der Waals surface area (Å²) in [5.41, 5.74) is 6.83. The lowest BCUT2D eigenvalue weighted by atomic mass is 9.80. The van der Waals surface area contributed by atoms with E-state index in [9.17, 15) is 0 Å². The standard InChI is InChI=1S/C15H20N4/c1-10-13-5-3-4-6-14(13)15(18-17-10)19(2)9-11-7-12(16)8-11/h3-6,11-12H,7-9,16H2,1-2H3. The Morgan fingerprint density at radius 2 is 1.89 bits per heavy atom. The Labute approximate surface area is 113 Å². The largest absolute Gasteiger partial charge is 0.357 e. The second-order valence-corrected chi connectivity index (χ2v) is 5.63. The fourth-order valence-corrected chi connectivity index (χ4v) is 2.92. The molecule has 4 nitrogen and oxygen atoms in total. The smallest absolute Gasteiger partial charge is 0.158 e. The Balaban J connectivity index is 1.89. The Morgan fingerprint density at radius 3 is 2.58 bits per heavy atom. The summed E-state index contributed by atoms with van der Waals surface area (Å²) in [4.78, 5) is 2.21. The van der Waals surface area contributed by atoms with Gasteiger partial charge >= 0.3 is 0 Å². The molecule has 1 aromatic carbocycles. The summed E-state index contributed by atoms with van der Waals surface area (Å²) < 4.78 is 0. The van der Waals surface area contributed by atoms with Gasteiger partial charge in [-0.05, 0) is 25.7 Å². The predicted molar refractivity (Wildman–Crippen MR) is 78.2 cm³/mol. The lowest BCUT2D eigenvalue weighted by molar-refractivity contribution is 0.270. The minimum atomic E-state index is 0.402. The third-order valence-electron chi connectivity index (χ3n) is 4.02. The van der Waals surface area contributed by atoms with Crippen LogP contribution in [0.5, 0.6) is 0 Å². The molecule has 1 aromatic heterocycles. The van der Waals surface area contributed by atoms with E-state index in [1.54, 1.807) is 0 Å². The molecule has 1 fully saturated rings. The van der Waals surface area contributed by atoms with Crippen molar-refractivity contribution in [3.8, 4) is 0 Å². The third kappa shape index (κ3) is 2.28. The van der Waals surface area contributed by atoms with Gasteiger partial charge in [-0.3, -0.25) is 0 Å². The maximum atomic E-state index is 5.85. The molecule has 0 unspecified atom stereocenters. The van der Waals surface area contributed by atoms with Gasteiger partial charge in [-0.25, -0.2) is 0 Å². The summed E-state index contributed by atoms with van der Waals surface area (Å²) in [6.45, 7) is 3.01. The van der Waals surface area contributed by atoms with Crippen molar-refractivity contribution in [1.29, 1.82) is 0 Å². The molecule has 0 bridgehead atoms. The zero-order valence-corrected chi connectivity index (χ0v) is 11.5. The van der Waals surface area contributed by atoms with Gasteiger partial charge in [0.1, 0.15) is 0 Å². The molecule has 2 N–H and O–H groups in total. The Hall–Kier alpha value is -1.68. The summed E-state index contributed by atoms with van der Waals surface area (Å²) in [6.07, 6.45) is 2.25.